The van der Waals surface area contributed by atoms with Crippen molar-refractivity contribution < 1.29 is 28.6 Å². The van der Waals surface area contributed by atoms with E-state index in [4.69, 9.17) is 35.3 Å². The largest absolute Gasteiger partial charge is 0.493 e. The Kier molecular flexibility index (Phi) is 7.39. The Morgan fingerprint density at radius 1 is 0.794 bits per heavy atom. The van der Waals surface area contributed by atoms with Gasteiger partial charge in [0.05, 0.1) is 42.1 Å². The summed E-state index contributed by atoms with van der Waals surface area (Å²) >= 11 is 6.42. The van der Waals surface area contributed by atoms with E-state index in [1.165, 1.54) is 16.0 Å². The highest BCUT2D eigenvalue weighted by Gasteiger charge is 2.34. The molecule has 7 heteroatoms. The lowest BCUT2D eigenvalue weighted by Crippen LogP contribution is -3.12. The highest BCUT2D eigenvalue weighted by atomic mass is 35.5. The number of quaternary nitrogens is 1. The Bertz CT molecular complexity index is 1140. The average Bonchev–Trinajstić information content (AvgIpc) is 2.86. The van der Waals surface area contributed by atoms with Crippen molar-refractivity contribution in [2.75, 3.05) is 42.1 Å². The molecule has 1 aliphatic rings. The molecular formula is C27H31ClNO5+. The van der Waals surface area contributed by atoms with Crippen LogP contribution in [0.2, 0.25) is 5.02 Å². The summed E-state index contributed by atoms with van der Waals surface area (Å²) in [5.41, 5.74) is 4.73. The minimum absolute atomic E-state index is 0.0707. The maximum absolute atomic E-state index is 6.42. The van der Waals surface area contributed by atoms with Crippen LogP contribution in [-0.2, 0) is 13.0 Å². The third-order valence-corrected chi connectivity index (χ3v) is 6.65. The maximum Gasteiger partial charge on any atom is 0.203 e. The Morgan fingerprint density at radius 2 is 1.44 bits per heavy atom. The molecule has 0 radical (unpaired) electrons. The first-order valence-corrected chi connectivity index (χ1v) is 11.5. The van der Waals surface area contributed by atoms with Crippen LogP contribution in [0.25, 0.3) is 0 Å². The van der Waals surface area contributed by atoms with Gasteiger partial charge < -0.3 is 28.6 Å². The van der Waals surface area contributed by atoms with Crippen LogP contribution in [0.4, 0.5) is 0 Å². The fraction of sp³-hybridized carbons (Fsp3) is 0.333. The second kappa shape index (κ2) is 10.5. The molecule has 0 amide bonds. The highest BCUT2D eigenvalue weighted by Crippen LogP contribution is 2.39. The zero-order valence-electron chi connectivity index (χ0n) is 20.2. The van der Waals surface area contributed by atoms with Crippen molar-refractivity contribution >= 4 is 11.6 Å². The van der Waals surface area contributed by atoms with Crippen molar-refractivity contribution in [3.63, 3.8) is 0 Å². The van der Waals surface area contributed by atoms with Gasteiger partial charge in [0.25, 0.3) is 0 Å². The first-order chi connectivity index (χ1) is 16.5. The molecule has 1 N–H and O–H groups in total. The van der Waals surface area contributed by atoms with Crippen LogP contribution in [0, 0.1) is 0 Å². The molecule has 1 aliphatic heterocycles. The highest BCUT2D eigenvalue weighted by molar-refractivity contribution is 6.30. The van der Waals surface area contributed by atoms with Crippen LogP contribution in [0.15, 0.2) is 48.5 Å². The molecule has 0 spiro atoms. The second-order valence-electron chi connectivity index (χ2n) is 8.26. The number of hydrogen-bond acceptors (Lipinski definition) is 5. The van der Waals surface area contributed by atoms with Crippen molar-refractivity contribution in [1.82, 2.24) is 0 Å². The van der Waals surface area contributed by atoms with Crippen molar-refractivity contribution in [3.8, 4) is 28.7 Å². The summed E-state index contributed by atoms with van der Waals surface area (Å²) in [4.78, 5) is 1.39. The average molecular weight is 485 g/mol. The number of rotatable bonds is 8. The lowest BCUT2D eigenvalue weighted by atomic mass is 9.87. The van der Waals surface area contributed by atoms with E-state index in [2.05, 4.69) is 18.2 Å². The molecule has 0 saturated carbocycles. The molecule has 0 saturated heterocycles. The van der Waals surface area contributed by atoms with Gasteiger partial charge in [-0.05, 0) is 42.0 Å². The van der Waals surface area contributed by atoms with Gasteiger partial charge in [0.15, 0.2) is 23.0 Å². The van der Waals surface area contributed by atoms with Gasteiger partial charge in [0.1, 0.15) is 12.6 Å². The summed E-state index contributed by atoms with van der Waals surface area (Å²) in [6.07, 6.45) is 0.923. The van der Waals surface area contributed by atoms with E-state index in [9.17, 15) is 0 Å². The van der Waals surface area contributed by atoms with E-state index in [0.717, 1.165) is 47.2 Å². The lowest BCUT2D eigenvalue weighted by Gasteiger charge is -2.35. The standard InChI is InChI=1S/C27H30ClNO5/c1-30-22-14-18-9-10-29(16-17-11-24(32-3)27(34-5)25(12-17)33-4)26(21(18)15-23(22)31-2)19-7-6-8-20(28)13-19/h6-8,11-15,26H,9-10,16H2,1-5H3/p+1/t26-/m1/s1. The van der Waals surface area contributed by atoms with E-state index in [0.29, 0.717) is 17.2 Å². The summed E-state index contributed by atoms with van der Waals surface area (Å²) in [5.74, 6) is 3.37. The predicted molar refractivity (Wildman–Crippen MR) is 132 cm³/mol. The molecule has 0 bridgehead atoms. The quantitative estimate of drug-likeness (QED) is 0.521. The number of hydrogen-bond donors (Lipinski definition) is 1. The van der Waals surface area contributed by atoms with Gasteiger partial charge in [-0.2, -0.15) is 0 Å². The Morgan fingerprint density at radius 3 is 2.03 bits per heavy atom. The molecule has 2 atom stereocenters. The van der Waals surface area contributed by atoms with E-state index in [1.807, 2.05) is 30.3 Å². The summed E-state index contributed by atoms with van der Waals surface area (Å²) in [7, 11) is 8.23. The van der Waals surface area contributed by atoms with Crippen LogP contribution in [-0.4, -0.2) is 42.1 Å². The van der Waals surface area contributed by atoms with Crippen molar-refractivity contribution in [3.05, 3.63) is 75.8 Å². The first-order valence-electron chi connectivity index (χ1n) is 11.2. The number of halogens is 1. The molecule has 180 valence electrons. The van der Waals surface area contributed by atoms with Gasteiger partial charge in [-0.25, -0.2) is 0 Å². The number of benzene rings is 3. The summed E-state index contributed by atoms with van der Waals surface area (Å²) in [6.45, 7) is 1.71. The van der Waals surface area contributed by atoms with Crippen LogP contribution in [0.5, 0.6) is 28.7 Å². The molecule has 34 heavy (non-hydrogen) atoms. The van der Waals surface area contributed by atoms with Gasteiger partial charge in [-0.1, -0.05) is 23.7 Å². The van der Waals surface area contributed by atoms with Crippen LogP contribution in [0.3, 0.4) is 0 Å². The van der Waals surface area contributed by atoms with Gasteiger partial charge in [0.2, 0.25) is 5.75 Å². The number of methoxy groups -OCH3 is 5. The zero-order valence-corrected chi connectivity index (χ0v) is 21.0. The van der Waals surface area contributed by atoms with Gasteiger partial charge in [0, 0.05) is 28.1 Å². The predicted octanol–water partition coefficient (Wildman–Crippen LogP) is 4.11. The topological polar surface area (TPSA) is 50.6 Å². The van der Waals surface area contributed by atoms with Gasteiger partial charge in [-0.15, -0.1) is 0 Å². The molecular weight excluding hydrogens is 454 g/mol. The molecule has 1 heterocycles. The Labute approximate surface area is 205 Å². The molecule has 0 aromatic heterocycles. The van der Waals surface area contributed by atoms with Crippen LogP contribution in [0.1, 0.15) is 28.3 Å². The SMILES string of the molecule is COc1cc2c(cc1OC)[C@@H](c1cccc(Cl)c1)[NH+](Cc1cc(OC)c(OC)c(OC)c1)CC2. The van der Waals surface area contributed by atoms with Crippen LogP contribution < -0.4 is 28.6 Å². The van der Waals surface area contributed by atoms with E-state index in [1.54, 1.807) is 35.5 Å². The normalized spacial score (nSPS) is 17.0. The molecule has 3 aromatic rings. The zero-order chi connectivity index (χ0) is 24.2. The molecule has 6 nitrogen and oxygen atoms in total. The van der Waals surface area contributed by atoms with Gasteiger partial charge in [-0.3, -0.25) is 0 Å². The molecule has 4 rings (SSSR count). The minimum Gasteiger partial charge on any atom is -0.493 e. The van der Waals surface area contributed by atoms with Crippen molar-refractivity contribution in [2.45, 2.75) is 19.0 Å². The van der Waals surface area contributed by atoms with E-state index >= 15 is 0 Å². The third kappa shape index (κ3) is 4.61. The Hall–Kier alpha value is -3.09. The summed E-state index contributed by atoms with van der Waals surface area (Å²) in [5, 5.41) is 0.720. The number of ether oxygens (including phenoxy) is 5. The summed E-state index contributed by atoms with van der Waals surface area (Å²) in [6, 6.07) is 16.4. The monoisotopic (exact) mass is 484 g/mol. The number of fused-ring (bicyclic) bond motifs is 1. The Balaban J connectivity index is 1.80. The fourth-order valence-electron chi connectivity index (χ4n) is 4.87. The molecule has 1 unspecified atom stereocenters. The second-order valence-corrected chi connectivity index (χ2v) is 8.70. The van der Waals surface area contributed by atoms with E-state index < -0.39 is 0 Å². The third-order valence-electron chi connectivity index (χ3n) is 6.42. The summed E-state index contributed by atoms with van der Waals surface area (Å²) < 4.78 is 27.9. The fourth-order valence-corrected chi connectivity index (χ4v) is 5.07. The minimum atomic E-state index is 0.0707. The van der Waals surface area contributed by atoms with Crippen molar-refractivity contribution in [1.29, 1.82) is 0 Å². The van der Waals surface area contributed by atoms with E-state index in [-0.39, 0.29) is 6.04 Å². The smallest absolute Gasteiger partial charge is 0.203 e. The van der Waals surface area contributed by atoms with Crippen molar-refractivity contribution in [2.24, 2.45) is 0 Å². The molecule has 0 aliphatic carbocycles. The first kappa shape index (κ1) is 24.0. The maximum atomic E-state index is 6.42. The molecule has 0 fully saturated rings. The van der Waals surface area contributed by atoms with Crippen LogP contribution >= 0.6 is 11.6 Å². The molecule has 3 aromatic carbocycles. The lowest BCUT2D eigenvalue weighted by molar-refractivity contribution is -0.941. The van der Waals surface area contributed by atoms with Gasteiger partial charge >= 0.3 is 0 Å². The number of nitrogens with one attached hydrogen (secondary N) is 1.